The summed E-state index contributed by atoms with van der Waals surface area (Å²) in [6.07, 6.45) is 2.52. The molecule has 3 N–H and O–H groups in total. The van der Waals surface area contributed by atoms with Gasteiger partial charge in [-0.1, -0.05) is 61.9 Å². The maximum absolute atomic E-state index is 12.7. The molecule has 0 unspecified atom stereocenters. The summed E-state index contributed by atoms with van der Waals surface area (Å²) in [5, 5.41) is 14.5. The average Bonchev–Trinajstić information content (AvgIpc) is 3.13. The summed E-state index contributed by atoms with van der Waals surface area (Å²) in [5.41, 5.74) is 4.48. The molecule has 7 nitrogen and oxygen atoms in total. The topological polar surface area (TPSA) is 105 Å². The van der Waals surface area contributed by atoms with Gasteiger partial charge in [-0.25, -0.2) is 9.59 Å². The lowest BCUT2D eigenvalue weighted by Crippen LogP contribution is -2.51. The minimum absolute atomic E-state index is 0.0791. The molecule has 0 saturated carbocycles. The van der Waals surface area contributed by atoms with Crippen LogP contribution in [-0.2, 0) is 14.3 Å². The van der Waals surface area contributed by atoms with Crippen LogP contribution in [0.5, 0.6) is 0 Å². The smallest absolute Gasteiger partial charge is 0.407 e. The Labute approximate surface area is 198 Å². The fraction of sp³-hybridized carbons (Fsp3) is 0.400. The van der Waals surface area contributed by atoms with E-state index in [4.69, 9.17) is 4.74 Å². The molecular weight excluding hydrogens is 440 g/mol. The van der Waals surface area contributed by atoms with Gasteiger partial charge in [-0.2, -0.15) is 11.8 Å². The molecule has 0 saturated heterocycles. The van der Waals surface area contributed by atoms with E-state index in [1.165, 1.54) is 11.8 Å². The zero-order valence-electron chi connectivity index (χ0n) is 18.9. The number of carboxylic acid groups (broad SMARTS) is 1. The largest absolute Gasteiger partial charge is 0.480 e. The number of carbonyl (C=O) groups is 3. The van der Waals surface area contributed by atoms with Gasteiger partial charge in [0.15, 0.2) is 0 Å². The SMILES string of the molecule is CCC[C@H](NC(=O)OCC1c2ccccc2-c2ccccc21)C(=O)N[C@H](CCSC)C(=O)O. The molecule has 0 heterocycles. The van der Waals surface area contributed by atoms with Gasteiger partial charge in [0, 0.05) is 5.92 Å². The molecule has 1 aliphatic carbocycles. The third kappa shape index (κ3) is 6.07. The monoisotopic (exact) mass is 470 g/mol. The van der Waals surface area contributed by atoms with E-state index in [2.05, 4.69) is 22.8 Å². The van der Waals surface area contributed by atoms with Gasteiger partial charge in [0.25, 0.3) is 0 Å². The van der Waals surface area contributed by atoms with Crippen LogP contribution in [0.1, 0.15) is 43.2 Å². The van der Waals surface area contributed by atoms with Gasteiger partial charge < -0.3 is 20.5 Å². The van der Waals surface area contributed by atoms with Gasteiger partial charge in [0.05, 0.1) is 0 Å². The van der Waals surface area contributed by atoms with E-state index in [-0.39, 0.29) is 12.5 Å². The molecule has 176 valence electrons. The lowest BCUT2D eigenvalue weighted by molar-refractivity contribution is -0.142. The first kappa shape index (κ1) is 24.6. The fourth-order valence-electron chi connectivity index (χ4n) is 4.11. The number of ether oxygens (including phenoxy) is 1. The zero-order chi connectivity index (χ0) is 23.8. The van der Waals surface area contributed by atoms with Crippen LogP contribution < -0.4 is 10.6 Å². The van der Waals surface area contributed by atoms with Crippen LogP contribution in [0.3, 0.4) is 0 Å². The van der Waals surface area contributed by atoms with Gasteiger partial charge in [-0.3, -0.25) is 4.79 Å². The average molecular weight is 471 g/mol. The van der Waals surface area contributed by atoms with Crippen molar-refractivity contribution < 1.29 is 24.2 Å². The number of carboxylic acids is 1. The molecule has 2 aromatic carbocycles. The van der Waals surface area contributed by atoms with E-state index in [1.807, 2.05) is 49.6 Å². The Morgan fingerprint density at radius 2 is 1.58 bits per heavy atom. The number of hydrogen-bond acceptors (Lipinski definition) is 5. The number of nitrogens with one attached hydrogen (secondary N) is 2. The van der Waals surface area contributed by atoms with Crippen molar-refractivity contribution in [3.05, 3.63) is 59.7 Å². The van der Waals surface area contributed by atoms with Crippen LogP contribution in [0.25, 0.3) is 11.1 Å². The number of aliphatic carboxylic acids is 1. The van der Waals surface area contributed by atoms with Crippen molar-refractivity contribution in [3.8, 4) is 11.1 Å². The maximum atomic E-state index is 12.7. The lowest BCUT2D eigenvalue weighted by Gasteiger charge is -2.21. The summed E-state index contributed by atoms with van der Waals surface area (Å²) < 4.78 is 5.53. The molecule has 0 fully saturated rings. The molecule has 1 aliphatic rings. The summed E-state index contributed by atoms with van der Waals surface area (Å²) in [4.78, 5) is 36.7. The molecule has 0 spiro atoms. The number of rotatable bonds is 11. The standard InChI is InChI=1S/C25H30N2O5S/c1-3-8-21(23(28)26-22(24(29)30)13-14-33-2)27-25(31)32-15-20-18-11-6-4-9-16(18)17-10-5-7-12-19(17)20/h4-7,9-12,20-22H,3,8,13-15H2,1-2H3,(H,26,28)(H,27,31)(H,29,30)/t21-,22+/m0/s1. The first-order valence-corrected chi connectivity index (χ1v) is 12.5. The van der Waals surface area contributed by atoms with Crippen LogP contribution in [-0.4, -0.2) is 53.8 Å². The minimum Gasteiger partial charge on any atom is -0.480 e. The molecule has 0 aromatic heterocycles. The molecule has 2 aromatic rings. The highest BCUT2D eigenvalue weighted by atomic mass is 32.2. The van der Waals surface area contributed by atoms with E-state index >= 15 is 0 Å². The Balaban J connectivity index is 1.62. The highest BCUT2D eigenvalue weighted by Gasteiger charge is 2.30. The number of thioether (sulfide) groups is 1. The highest BCUT2D eigenvalue weighted by Crippen LogP contribution is 2.44. The van der Waals surface area contributed by atoms with Crippen LogP contribution in [0, 0.1) is 0 Å². The second kappa shape index (κ2) is 11.7. The van der Waals surface area contributed by atoms with Crippen molar-refractivity contribution in [2.24, 2.45) is 0 Å². The summed E-state index contributed by atoms with van der Waals surface area (Å²) in [6.45, 7) is 2.04. The van der Waals surface area contributed by atoms with E-state index in [0.29, 0.717) is 25.0 Å². The predicted molar refractivity (Wildman–Crippen MR) is 129 cm³/mol. The normalized spacial score (nSPS) is 14.0. The molecule has 0 radical (unpaired) electrons. The third-order valence-electron chi connectivity index (χ3n) is 5.75. The van der Waals surface area contributed by atoms with Crippen molar-refractivity contribution in [1.82, 2.24) is 10.6 Å². The first-order valence-electron chi connectivity index (χ1n) is 11.1. The molecule has 33 heavy (non-hydrogen) atoms. The molecule has 2 amide bonds. The highest BCUT2D eigenvalue weighted by molar-refractivity contribution is 7.98. The summed E-state index contributed by atoms with van der Waals surface area (Å²) in [7, 11) is 0. The van der Waals surface area contributed by atoms with Crippen molar-refractivity contribution in [2.75, 3.05) is 18.6 Å². The van der Waals surface area contributed by atoms with Gasteiger partial charge in [-0.05, 0) is 47.1 Å². The molecule has 2 atom stereocenters. The number of amides is 2. The molecule has 8 heteroatoms. The predicted octanol–water partition coefficient (Wildman–Crippen LogP) is 4.02. The number of alkyl carbamates (subject to hydrolysis) is 1. The zero-order valence-corrected chi connectivity index (χ0v) is 19.7. The number of hydrogen-bond donors (Lipinski definition) is 3. The van der Waals surface area contributed by atoms with Gasteiger partial charge in [0.2, 0.25) is 5.91 Å². The molecular formula is C25H30N2O5S. The number of fused-ring (bicyclic) bond motifs is 3. The van der Waals surface area contributed by atoms with Gasteiger partial charge >= 0.3 is 12.1 Å². The molecule has 3 rings (SSSR count). The van der Waals surface area contributed by atoms with E-state index in [0.717, 1.165) is 22.3 Å². The Morgan fingerprint density at radius 3 is 2.12 bits per heavy atom. The van der Waals surface area contributed by atoms with Gasteiger partial charge in [0.1, 0.15) is 18.7 Å². The van der Waals surface area contributed by atoms with Crippen molar-refractivity contribution >= 4 is 29.7 Å². The second-order valence-electron chi connectivity index (χ2n) is 7.99. The van der Waals surface area contributed by atoms with Crippen LogP contribution in [0.2, 0.25) is 0 Å². The summed E-state index contributed by atoms with van der Waals surface area (Å²) in [5.74, 6) is -1.08. The van der Waals surface area contributed by atoms with E-state index < -0.39 is 30.1 Å². The minimum atomic E-state index is -1.09. The summed E-state index contributed by atoms with van der Waals surface area (Å²) in [6, 6.07) is 14.3. The molecule has 0 bridgehead atoms. The first-order chi connectivity index (χ1) is 16.0. The Morgan fingerprint density at radius 1 is 0.970 bits per heavy atom. The van der Waals surface area contributed by atoms with E-state index in [9.17, 15) is 19.5 Å². The van der Waals surface area contributed by atoms with Crippen LogP contribution in [0.15, 0.2) is 48.5 Å². The van der Waals surface area contributed by atoms with Crippen molar-refractivity contribution in [1.29, 1.82) is 0 Å². The Hall–Kier alpha value is -3.00. The third-order valence-corrected chi connectivity index (χ3v) is 6.40. The quantitative estimate of drug-likeness (QED) is 0.458. The van der Waals surface area contributed by atoms with E-state index in [1.54, 1.807) is 0 Å². The fourth-order valence-corrected chi connectivity index (χ4v) is 4.58. The molecule has 0 aliphatic heterocycles. The van der Waals surface area contributed by atoms with Crippen molar-refractivity contribution in [3.63, 3.8) is 0 Å². The second-order valence-corrected chi connectivity index (χ2v) is 8.98. The van der Waals surface area contributed by atoms with Crippen LogP contribution in [0.4, 0.5) is 4.79 Å². The Kier molecular flexibility index (Phi) is 8.77. The number of benzene rings is 2. The Bertz CT molecular complexity index is 951. The summed E-state index contributed by atoms with van der Waals surface area (Å²) >= 11 is 1.51. The lowest BCUT2D eigenvalue weighted by atomic mass is 9.98. The van der Waals surface area contributed by atoms with Crippen LogP contribution >= 0.6 is 11.8 Å². The van der Waals surface area contributed by atoms with Gasteiger partial charge in [-0.15, -0.1) is 0 Å². The van der Waals surface area contributed by atoms with Crippen molar-refractivity contribution in [2.45, 2.75) is 44.2 Å². The number of carbonyl (C=O) groups excluding carboxylic acids is 2. The maximum Gasteiger partial charge on any atom is 0.407 e.